The van der Waals surface area contributed by atoms with Gasteiger partial charge in [0.1, 0.15) is 5.75 Å². The number of hydrogen-bond acceptors (Lipinski definition) is 3. The number of carbonyl (C=O) groups is 2. The predicted molar refractivity (Wildman–Crippen MR) is 85.9 cm³/mol. The zero-order valence-corrected chi connectivity index (χ0v) is 13.1. The van der Waals surface area contributed by atoms with E-state index in [4.69, 9.17) is 4.74 Å². The summed E-state index contributed by atoms with van der Waals surface area (Å²) < 4.78 is 5.55. The SMILES string of the molecule is CC(=O)Nc1ccccc1OCC(=O)NC1CCCCCC1. The fourth-order valence-electron chi connectivity index (χ4n) is 2.72. The summed E-state index contributed by atoms with van der Waals surface area (Å²) >= 11 is 0. The molecule has 5 nitrogen and oxygen atoms in total. The van der Waals surface area contributed by atoms with E-state index >= 15 is 0 Å². The highest BCUT2D eigenvalue weighted by Crippen LogP contribution is 2.23. The van der Waals surface area contributed by atoms with Gasteiger partial charge in [0.25, 0.3) is 5.91 Å². The molecule has 1 saturated carbocycles. The Labute approximate surface area is 131 Å². The largest absolute Gasteiger partial charge is 0.482 e. The zero-order chi connectivity index (χ0) is 15.8. The first-order valence-corrected chi connectivity index (χ1v) is 7.94. The minimum Gasteiger partial charge on any atom is -0.482 e. The Morgan fingerprint density at radius 2 is 1.82 bits per heavy atom. The van der Waals surface area contributed by atoms with Crippen LogP contribution in [0, 0.1) is 0 Å². The summed E-state index contributed by atoms with van der Waals surface area (Å²) in [5.74, 6) is 0.234. The lowest BCUT2D eigenvalue weighted by Gasteiger charge is -2.17. The molecule has 1 fully saturated rings. The molecule has 0 aliphatic heterocycles. The Balaban J connectivity index is 1.84. The molecule has 1 aromatic carbocycles. The van der Waals surface area contributed by atoms with Crippen LogP contribution in [0.3, 0.4) is 0 Å². The monoisotopic (exact) mass is 304 g/mol. The normalized spacial score (nSPS) is 15.7. The fraction of sp³-hybridized carbons (Fsp3) is 0.529. The highest BCUT2D eigenvalue weighted by molar-refractivity contribution is 5.90. The maximum absolute atomic E-state index is 12.0. The van der Waals surface area contributed by atoms with E-state index in [0.717, 1.165) is 12.8 Å². The molecule has 0 unspecified atom stereocenters. The van der Waals surface area contributed by atoms with E-state index in [1.54, 1.807) is 12.1 Å². The molecule has 0 saturated heterocycles. The molecular weight excluding hydrogens is 280 g/mol. The third kappa shape index (κ3) is 5.39. The van der Waals surface area contributed by atoms with E-state index in [2.05, 4.69) is 10.6 Å². The Morgan fingerprint density at radius 1 is 1.14 bits per heavy atom. The lowest BCUT2D eigenvalue weighted by molar-refractivity contribution is -0.123. The summed E-state index contributed by atoms with van der Waals surface area (Å²) in [7, 11) is 0. The van der Waals surface area contributed by atoms with Crippen molar-refractivity contribution in [1.82, 2.24) is 5.32 Å². The number of hydrogen-bond donors (Lipinski definition) is 2. The van der Waals surface area contributed by atoms with Crippen LogP contribution in [0.15, 0.2) is 24.3 Å². The van der Waals surface area contributed by atoms with E-state index in [1.165, 1.54) is 32.6 Å². The second kappa shape index (κ2) is 8.41. The van der Waals surface area contributed by atoms with Gasteiger partial charge in [-0.3, -0.25) is 9.59 Å². The van der Waals surface area contributed by atoms with Gasteiger partial charge in [-0.2, -0.15) is 0 Å². The third-order valence-corrected chi connectivity index (χ3v) is 3.78. The van der Waals surface area contributed by atoms with Crippen LogP contribution in [-0.2, 0) is 9.59 Å². The highest BCUT2D eigenvalue weighted by atomic mass is 16.5. The summed E-state index contributed by atoms with van der Waals surface area (Å²) in [5, 5.41) is 5.73. The molecule has 0 radical (unpaired) electrons. The van der Waals surface area contributed by atoms with Crippen LogP contribution in [0.2, 0.25) is 0 Å². The Bertz CT molecular complexity index is 508. The van der Waals surface area contributed by atoms with Crippen LogP contribution in [0.4, 0.5) is 5.69 Å². The van der Waals surface area contributed by atoms with Crippen molar-refractivity contribution in [3.63, 3.8) is 0 Å². The number of carbonyl (C=O) groups excluding carboxylic acids is 2. The van der Waals surface area contributed by atoms with Gasteiger partial charge in [0.15, 0.2) is 6.61 Å². The molecule has 120 valence electrons. The molecule has 0 aromatic heterocycles. The number of amides is 2. The molecule has 0 bridgehead atoms. The van der Waals surface area contributed by atoms with Crippen LogP contribution < -0.4 is 15.4 Å². The predicted octanol–water partition coefficient (Wildman–Crippen LogP) is 2.86. The first-order chi connectivity index (χ1) is 10.6. The van der Waals surface area contributed by atoms with Gasteiger partial charge >= 0.3 is 0 Å². The molecule has 2 rings (SSSR count). The molecule has 2 N–H and O–H groups in total. The van der Waals surface area contributed by atoms with E-state index in [-0.39, 0.29) is 24.5 Å². The van der Waals surface area contributed by atoms with E-state index in [1.807, 2.05) is 12.1 Å². The first-order valence-electron chi connectivity index (χ1n) is 7.94. The second-order valence-electron chi connectivity index (χ2n) is 5.72. The van der Waals surface area contributed by atoms with Crippen LogP contribution in [0.5, 0.6) is 5.75 Å². The quantitative estimate of drug-likeness (QED) is 0.822. The van der Waals surface area contributed by atoms with Crippen molar-refractivity contribution in [3.8, 4) is 5.75 Å². The lowest BCUT2D eigenvalue weighted by Crippen LogP contribution is -2.37. The molecule has 1 aromatic rings. The Hall–Kier alpha value is -2.04. The molecule has 2 amide bonds. The minimum atomic E-state index is -0.168. The van der Waals surface area contributed by atoms with Crippen molar-refractivity contribution in [2.75, 3.05) is 11.9 Å². The third-order valence-electron chi connectivity index (χ3n) is 3.78. The first kappa shape index (κ1) is 16.3. The van der Waals surface area contributed by atoms with Gasteiger partial charge in [-0.05, 0) is 25.0 Å². The van der Waals surface area contributed by atoms with Gasteiger partial charge in [-0.15, -0.1) is 0 Å². The van der Waals surface area contributed by atoms with Gasteiger partial charge in [0.05, 0.1) is 5.69 Å². The smallest absolute Gasteiger partial charge is 0.258 e. The van der Waals surface area contributed by atoms with Crippen LogP contribution in [-0.4, -0.2) is 24.5 Å². The molecule has 1 aliphatic rings. The summed E-state index contributed by atoms with van der Waals surface area (Å²) in [6.07, 6.45) is 6.97. The lowest BCUT2D eigenvalue weighted by atomic mass is 10.1. The molecule has 5 heteroatoms. The summed E-state index contributed by atoms with van der Waals surface area (Å²) in [6.45, 7) is 1.41. The highest BCUT2D eigenvalue weighted by Gasteiger charge is 2.15. The minimum absolute atomic E-state index is 0.0346. The molecule has 0 atom stereocenters. The van der Waals surface area contributed by atoms with Crippen molar-refractivity contribution in [3.05, 3.63) is 24.3 Å². The van der Waals surface area contributed by atoms with Gasteiger partial charge in [-0.25, -0.2) is 0 Å². The zero-order valence-electron chi connectivity index (χ0n) is 13.1. The van der Waals surface area contributed by atoms with Crippen molar-refractivity contribution in [2.45, 2.75) is 51.5 Å². The summed E-state index contributed by atoms with van der Waals surface area (Å²) in [6, 6.07) is 7.38. The number of para-hydroxylation sites is 2. The Kier molecular flexibility index (Phi) is 6.25. The van der Waals surface area contributed by atoms with Crippen molar-refractivity contribution in [2.24, 2.45) is 0 Å². The van der Waals surface area contributed by atoms with Crippen LogP contribution in [0.1, 0.15) is 45.4 Å². The van der Waals surface area contributed by atoms with Gasteiger partial charge < -0.3 is 15.4 Å². The van der Waals surface area contributed by atoms with Gasteiger partial charge in [0, 0.05) is 13.0 Å². The summed E-state index contributed by atoms with van der Waals surface area (Å²) in [5.41, 5.74) is 0.581. The van der Waals surface area contributed by atoms with E-state index in [0.29, 0.717) is 11.4 Å². The standard InChI is InChI=1S/C17H24N2O3/c1-13(20)18-15-10-6-7-11-16(15)22-12-17(21)19-14-8-4-2-3-5-9-14/h6-7,10-11,14H,2-5,8-9,12H2,1H3,(H,18,20)(H,19,21). The topological polar surface area (TPSA) is 67.4 Å². The second-order valence-corrected chi connectivity index (χ2v) is 5.72. The molecule has 0 heterocycles. The number of ether oxygens (including phenoxy) is 1. The molecule has 1 aliphatic carbocycles. The fourth-order valence-corrected chi connectivity index (χ4v) is 2.72. The maximum atomic E-state index is 12.0. The molecule has 0 spiro atoms. The van der Waals surface area contributed by atoms with Crippen molar-refractivity contribution in [1.29, 1.82) is 0 Å². The molecular formula is C17H24N2O3. The van der Waals surface area contributed by atoms with Gasteiger partial charge in [0.2, 0.25) is 5.91 Å². The summed E-state index contributed by atoms with van der Waals surface area (Å²) in [4.78, 5) is 23.2. The Morgan fingerprint density at radius 3 is 2.50 bits per heavy atom. The average Bonchev–Trinajstić information content (AvgIpc) is 2.74. The van der Waals surface area contributed by atoms with Crippen LogP contribution >= 0.6 is 0 Å². The number of nitrogens with one attached hydrogen (secondary N) is 2. The number of benzene rings is 1. The number of rotatable bonds is 5. The molecule has 22 heavy (non-hydrogen) atoms. The maximum Gasteiger partial charge on any atom is 0.258 e. The average molecular weight is 304 g/mol. The van der Waals surface area contributed by atoms with E-state index in [9.17, 15) is 9.59 Å². The number of anilines is 1. The van der Waals surface area contributed by atoms with Crippen LogP contribution in [0.25, 0.3) is 0 Å². The van der Waals surface area contributed by atoms with Crippen molar-refractivity contribution >= 4 is 17.5 Å². The van der Waals surface area contributed by atoms with E-state index < -0.39 is 0 Å². The van der Waals surface area contributed by atoms with Crippen molar-refractivity contribution < 1.29 is 14.3 Å². The van der Waals surface area contributed by atoms with Gasteiger partial charge in [-0.1, -0.05) is 37.8 Å².